The summed E-state index contributed by atoms with van der Waals surface area (Å²) in [6, 6.07) is 5.43. The van der Waals surface area contributed by atoms with E-state index in [-0.39, 0.29) is 5.91 Å². The zero-order valence-electron chi connectivity index (χ0n) is 14.4. The SMILES string of the molecule is Cc1cc(C(=O)Nc2cn3nc(Sc4nccn4C)ccc3n2)c(C)o1. The van der Waals surface area contributed by atoms with Gasteiger partial charge in [0.25, 0.3) is 5.91 Å². The summed E-state index contributed by atoms with van der Waals surface area (Å²) in [5, 5.41) is 8.91. The topological polar surface area (TPSA) is 90.2 Å². The second kappa shape index (κ2) is 6.34. The number of anilines is 1. The van der Waals surface area contributed by atoms with E-state index >= 15 is 0 Å². The fraction of sp³-hybridized carbons (Fsp3) is 0.176. The maximum Gasteiger partial charge on any atom is 0.260 e. The maximum absolute atomic E-state index is 12.4. The molecule has 26 heavy (non-hydrogen) atoms. The van der Waals surface area contributed by atoms with E-state index in [9.17, 15) is 4.79 Å². The predicted octanol–water partition coefficient (Wildman–Crippen LogP) is 3.08. The third-order valence-electron chi connectivity index (χ3n) is 3.80. The van der Waals surface area contributed by atoms with Crippen molar-refractivity contribution in [3.05, 3.63) is 53.9 Å². The van der Waals surface area contributed by atoms with Gasteiger partial charge >= 0.3 is 0 Å². The zero-order chi connectivity index (χ0) is 18.3. The molecule has 0 aromatic carbocycles. The molecule has 0 unspecified atom stereocenters. The Hall–Kier alpha value is -3.07. The van der Waals surface area contributed by atoms with Crippen LogP contribution < -0.4 is 5.32 Å². The molecule has 0 spiro atoms. The minimum absolute atomic E-state index is 0.259. The predicted molar refractivity (Wildman–Crippen MR) is 96.5 cm³/mol. The minimum atomic E-state index is -0.259. The van der Waals surface area contributed by atoms with Crippen LogP contribution in [0.2, 0.25) is 0 Å². The first kappa shape index (κ1) is 16.4. The van der Waals surface area contributed by atoms with Gasteiger partial charge in [-0.15, -0.1) is 0 Å². The second-order valence-electron chi connectivity index (χ2n) is 5.80. The molecule has 0 aliphatic heterocycles. The van der Waals surface area contributed by atoms with Gasteiger partial charge in [-0.1, -0.05) is 0 Å². The number of amides is 1. The van der Waals surface area contributed by atoms with Crippen molar-refractivity contribution in [2.75, 3.05) is 5.32 Å². The van der Waals surface area contributed by atoms with E-state index < -0.39 is 0 Å². The lowest BCUT2D eigenvalue weighted by Crippen LogP contribution is -2.12. The molecular formula is C17H16N6O2S. The van der Waals surface area contributed by atoms with Crippen LogP contribution in [-0.2, 0) is 7.05 Å². The normalized spacial score (nSPS) is 11.2. The summed E-state index contributed by atoms with van der Waals surface area (Å²) in [6.07, 6.45) is 5.30. The lowest BCUT2D eigenvalue weighted by Gasteiger charge is -2.00. The Morgan fingerprint density at radius 1 is 1.31 bits per heavy atom. The molecule has 0 saturated heterocycles. The van der Waals surface area contributed by atoms with E-state index in [0.717, 1.165) is 10.2 Å². The van der Waals surface area contributed by atoms with Gasteiger partial charge in [-0.2, -0.15) is 5.10 Å². The van der Waals surface area contributed by atoms with Crippen LogP contribution in [0.25, 0.3) is 5.65 Å². The van der Waals surface area contributed by atoms with Crippen molar-refractivity contribution in [2.24, 2.45) is 7.05 Å². The Balaban J connectivity index is 1.56. The zero-order valence-corrected chi connectivity index (χ0v) is 15.2. The molecule has 4 rings (SSSR count). The van der Waals surface area contributed by atoms with Gasteiger partial charge in [0.1, 0.15) is 16.5 Å². The fourth-order valence-electron chi connectivity index (χ4n) is 2.56. The minimum Gasteiger partial charge on any atom is -0.466 e. The van der Waals surface area contributed by atoms with E-state index in [1.54, 1.807) is 36.8 Å². The summed E-state index contributed by atoms with van der Waals surface area (Å²) in [6.45, 7) is 3.56. The fourth-order valence-corrected chi connectivity index (χ4v) is 3.33. The number of nitrogens with zero attached hydrogens (tertiary/aromatic N) is 5. The number of aromatic nitrogens is 5. The van der Waals surface area contributed by atoms with Crippen LogP contribution >= 0.6 is 11.8 Å². The van der Waals surface area contributed by atoms with Crippen LogP contribution in [-0.4, -0.2) is 30.1 Å². The second-order valence-corrected chi connectivity index (χ2v) is 6.79. The lowest BCUT2D eigenvalue weighted by atomic mass is 10.2. The molecule has 0 aliphatic rings. The standard InChI is InChI=1S/C17H16N6O2S/c1-10-8-12(11(2)25-10)16(24)20-13-9-23-14(19-13)4-5-15(21-23)26-17-18-6-7-22(17)3/h4-9H,1-3H3,(H,20,24). The molecule has 4 heterocycles. The highest BCUT2D eigenvalue weighted by Gasteiger charge is 2.15. The third-order valence-corrected chi connectivity index (χ3v) is 4.80. The molecule has 0 aliphatic carbocycles. The van der Waals surface area contributed by atoms with Gasteiger partial charge in [0.2, 0.25) is 0 Å². The Bertz CT molecular complexity index is 1110. The molecule has 132 valence electrons. The molecule has 4 aromatic heterocycles. The largest absolute Gasteiger partial charge is 0.466 e. The van der Waals surface area contributed by atoms with Crippen LogP contribution in [0.1, 0.15) is 21.9 Å². The van der Waals surface area contributed by atoms with E-state index in [2.05, 4.69) is 20.4 Å². The average molecular weight is 368 g/mol. The Morgan fingerprint density at radius 3 is 2.85 bits per heavy atom. The first-order valence-corrected chi connectivity index (χ1v) is 8.71. The maximum atomic E-state index is 12.4. The van der Waals surface area contributed by atoms with Crippen LogP contribution in [0.3, 0.4) is 0 Å². The molecule has 0 bridgehead atoms. The Kier molecular flexibility index (Phi) is 4.00. The van der Waals surface area contributed by atoms with Crippen LogP contribution in [0.5, 0.6) is 0 Å². The lowest BCUT2D eigenvalue weighted by molar-refractivity contribution is 0.102. The quantitative estimate of drug-likeness (QED) is 0.595. The van der Waals surface area contributed by atoms with E-state index in [1.165, 1.54) is 11.8 Å². The number of fused-ring (bicyclic) bond motifs is 1. The van der Waals surface area contributed by atoms with Gasteiger partial charge in [0.05, 0.1) is 11.8 Å². The molecule has 8 nitrogen and oxygen atoms in total. The molecule has 1 amide bonds. The molecule has 0 fully saturated rings. The number of hydrogen-bond donors (Lipinski definition) is 1. The highest BCUT2D eigenvalue weighted by atomic mass is 32.2. The van der Waals surface area contributed by atoms with Crippen molar-refractivity contribution in [1.82, 2.24) is 24.1 Å². The molecule has 1 N–H and O–H groups in total. The van der Waals surface area contributed by atoms with E-state index in [1.807, 2.05) is 29.9 Å². The number of rotatable bonds is 4. The summed E-state index contributed by atoms with van der Waals surface area (Å²) < 4.78 is 8.95. The van der Waals surface area contributed by atoms with Gasteiger partial charge in [-0.25, -0.2) is 14.5 Å². The van der Waals surface area contributed by atoms with Crippen molar-refractivity contribution in [3.63, 3.8) is 0 Å². The first-order chi connectivity index (χ1) is 12.5. The number of furan rings is 1. The number of carbonyl (C=O) groups is 1. The summed E-state index contributed by atoms with van der Waals surface area (Å²) in [7, 11) is 1.93. The van der Waals surface area contributed by atoms with Gasteiger partial charge < -0.3 is 14.3 Å². The van der Waals surface area contributed by atoms with Crippen LogP contribution in [0.4, 0.5) is 5.82 Å². The summed E-state index contributed by atoms with van der Waals surface area (Å²) in [5.41, 5.74) is 1.14. The number of hydrogen-bond acceptors (Lipinski definition) is 6. The Labute approximate surface area is 153 Å². The van der Waals surface area contributed by atoms with Crippen molar-refractivity contribution in [1.29, 1.82) is 0 Å². The monoisotopic (exact) mass is 368 g/mol. The molecule has 4 aromatic rings. The molecule has 0 atom stereocenters. The summed E-state index contributed by atoms with van der Waals surface area (Å²) in [5.74, 6) is 1.45. The first-order valence-electron chi connectivity index (χ1n) is 7.89. The van der Waals surface area contributed by atoms with Crippen LogP contribution in [0, 0.1) is 13.8 Å². The smallest absolute Gasteiger partial charge is 0.260 e. The van der Waals surface area contributed by atoms with Crippen molar-refractivity contribution < 1.29 is 9.21 Å². The van der Waals surface area contributed by atoms with Gasteiger partial charge in [0.15, 0.2) is 16.6 Å². The van der Waals surface area contributed by atoms with E-state index in [0.29, 0.717) is 28.5 Å². The van der Waals surface area contributed by atoms with E-state index in [4.69, 9.17) is 4.42 Å². The molecule has 0 saturated carbocycles. The third kappa shape index (κ3) is 3.08. The molecule has 0 radical (unpaired) electrons. The summed E-state index contributed by atoms with van der Waals surface area (Å²) in [4.78, 5) is 21.0. The van der Waals surface area contributed by atoms with Gasteiger partial charge in [-0.3, -0.25) is 4.79 Å². The molecule has 9 heteroatoms. The Morgan fingerprint density at radius 2 is 2.15 bits per heavy atom. The molecular weight excluding hydrogens is 352 g/mol. The highest BCUT2D eigenvalue weighted by molar-refractivity contribution is 7.99. The number of aryl methyl sites for hydroxylation is 3. The number of nitrogens with one attached hydrogen (secondary N) is 1. The van der Waals surface area contributed by atoms with Crippen molar-refractivity contribution in [3.8, 4) is 0 Å². The highest BCUT2D eigenvalue weighted by Crippen LogP contribution is 2.24. The summed E-state index contributed by atoms with van der Waals surface area (Å²) >= 11 is 1.45. The van der Waals surface area contributed by atoms with Crippen molar-refractivity contribution in [2.45, 2.75) is 24.0 Å². The van der Waals surface area contributed by atoms with Crippen molar-refractivity contribution >= 4 is 29.1 Å². The van der Waals surface area contributed by atoms with Gasteiger partial charge in [-0.05, 0) is 43.8 Å². The number of imidazole rings is 2. The van der Waals surface area contributed by atoms with Crippen LogP contribution in [0.15, 0.2) is 51.4 Å². The van der Waals surface area contributed by atoms with Gasteiger partial charge in [0, 0.05) is 19.4 Å². The number of carbonyl (C=O) groups excluding carboxylic acids is 1. The average Bonchev–Trinajstić information content (AvgIpc) is 3.26.